The van der Waals surface area contributed by atoms with Gasteiger partial charge in [-0.05, 0) is 40.5 Å². The lowest BCUT2D eigenvalue weighted by Crippen LogP contribution is -1.99. The summed E-state index contributed by atoms with van der Waals surface area (Å²) in [4.78, 5) is 5.38. The summed E-state index contributed by atoms with van der Waals surface area (Å²) >= 11 is 5.20. The van der Waals surface area contributed by atoms with Gasteiger partial charge in [0.25, 0.3) is 0 Å². The van der Waals surface area contributed by atoms with Crippen LogP contribution in [0.1, 0.15) is 10.4 Å². The number of hydrogen-bond acceptors (Lipinski definition) is 3. The van der Waals surface area contributed by atoms with E-state index in [-0.39, 0.29) is 0 Å². The summed E-state index contributed by atoms with van der Waals surface area (Å²) in [7, 11) is 0. The van der Waals surface area contributed by atoms with Gasteiger partial charge in [-0.3, -0.25) is 4.98 Å². The van der Waals surface area contributed by atoms with Crippen molar-refractivity contribution < 1.29 is 0 Å². The van der Waals surface area contributed by atoms with E-state index in [1.165, 1.54) is 10.4 Å². The van der Waals surface area contributed by atoms with E-state index in [2.05, 4.69) is 44.6 Å². The molecule has 0 spiro atoms. The predicted octanol–water partition coefficient (Wildman–Crippen LogP) is 3.83. The zero-order valence-corrected chi connectivity index (χ0v) is 10.7. The van der Waals surface area contributed by atoms with Crippen molar-refractivity contribution in [3.63, 3.8) is 0 Å². The van der Waals surface area contributed by atoms with Crippen LogP contribution in [0.2, 0.25) is 0 Å². The molecule has 1 N–H and O–H groups in total. The molecule has 0 fully saturated rings. The van der Waals surface area contributed by atoms with Gasteiger partial charge < -0.3 is 5.32 Å². The van der Waals surface area contributed by atoms with Crippen LogP contribution in [0.4, 0.5) is 5.69 Å². The Labute approximate surface area is 101 Å². The van der Waals surface area contributed by atoms with Gasteiger partial charge in [0.2, 0.25) is 0 Å². The molecular weight excluding hydrogens is 272 g/mol. The molecule has 2 nitrogen and oxygen atoms in total. The summed E-state index contributed by atoms with van der Waals surface area (Å²) in [6, 6.07) is 4.13. The second-order valence-electron chi connectivity index (χ2n) is 3.28. The van der Waals surface area contributed by atoms with Gasteiger partial charge in [-0.15, -0.1) is 11.3 Å². The minimum absolute atomic E-state index is 0.862. The molecule has 2 aromatic rings. The highest BCUT2D eigenvalue weighted by Crippen LogP contribution is 2.21. The van der Waals surface area contributed by atoms with Gasteiger partial charge in [0.15, 0.2) is 0 Å². The molecule has 0 aromatic carbocycles. The zero-order chi connectivity index (χ0) is 10.7. The average Bonchev–Trinajstić information content (AvgIpc) is 2.63. The third-order valence-electron chi connectivity index (χ3n) is 2.10. The van der Waals surface area contributed by atoms with Crippen LogP contribution in [0, 0.1) is 6.92 Å². The van der Waals surface area contributed by atoms with Crippen molar-refractivity contribution in [2.45, 2.75) is 13.5 Å². The number of pyridine rings is 1. The van der Waals surface area contributed by atoms with E-state index in [1.807, 2.05) is 12.3 Å². The summed E-state index contributed by atoms with van der Waals surface area (Å²) in [5, 5.41) is 5.49. The number of nitrogens with one attached hydrogen (secondary N) is 1. The Hall–Kier alpha value is -0.870. The summed E-state index contributed by atoms with van der Waals surface area (Å²) in [6.07, 6.45) is 3.67. The molecule has 0 saturated heterocycles. The normalized spacial score (nSPS) is 10.3. The van der Waals surface area contributed by atoms with Gasteiger partial charge in [-0.25, -0.2) is 0 Å². The SMILES string of the molecule is Cc1cnccc1NCc1cc(Br)cs1. The van der Waals surface area contributed by atoms with Crippen molar-refractivity contribution in [1.29, 1.82) is 0 Å². The van der Waals surface area contributed by atoms with E-state index in [1.54, 1.807) is 17.5 Å². The topological polar surface area (TPSA) is 24.9 Å². The third-order valence-corrected chi connectivity index (χ3v) is 3.79. The highest BCUT2D eigenvalue weighted by atomic mass is 79.9. The van der Waals surface area contributed by atoms with E-state index < -0.39 is 0 Å². The van der Waals surface area contributed by atoms with Crippen molar-refractivity contribution in [2.75, 3.05) is 5.32 Å². The Balaban J connectivity index is 2.02. The Morgan fingerprint density at radius 3 is 3.07 bits per heavy atom. The smallest absolute Gasteiger partial charge is 0.0494 e. The van der Waals surface area contributed by atoms with Crippen LogP contribution < -0.4 is 5.32 Å². The molecule has 0 saturated carbocycles. The molecule has 0 amide bonds. The van der Waals surface area contributed by atoms with Crippen molar-refractivity contribution in [3.8, 4) is 0 Å². The van der Waals surface area contributed by atoms with Crippen molar-refractivity contribution in [3.05, 3.63) is 44.8 Å². The van der Waals surface area contributed by atoms with Crippen LogP contribution in [0.25, 0.3) is 0 Å². The number of anilines is 1. The molecular formula is C11H11BrN2S. The number of rotatable bonds is 3. The molecule has 2 aromatic heterocycles. The first-order chi connectivity index (χ1) is 7.25. The van der Waals surface area contributed by atoms with Crippen molar-refractivity contribution in [2.24, 2.45) is 0 Å². The molecule has 0 aliphatic heterocycles. The van der Waals surface area contributed by atoms with E-state index in [0.29, 0.717) is 0 Å². The lowest BCUT2D eigenvalue weighted by Gasteiger charge is -2.06. The second-order valence-corrected chi connectivity index (χ2v) is 5.19. The molecule has 0 radical (unpaired) electrons. The highest BCUT2D eigenvalue weighted by Gasteiger charge is 1.99. The van der Waals surface area contributed by atoms with Gasteiger partial charge >= 0.3 is 0 Å². The van der Waals surface area contributed by atoms with Gasteiger partial charge in [0.1, 0.15) is 0 Å². The number of halogens is 1. The highest BCUT2D eigenvalue weighted by molar-refractivity contribution is 9.10. The summed E-state index contributed by atoms with van der Waals surface area (Å²) < 4.78 is 1.15. The molecule has 78 valence electrons. The van der Waals surface area contributed by atoms with Crippen LogP contribution in [0.5, 0.6) is 0 Å². The molecule has 0 aliphatic rings. The molecule has 0 aliphatic carbocycles. The van der Waals surface area contributed by atoms with Gasteiger partial charge in [0.05, 0.1) is 0 Å². The van der Waals surface area contributed by atoms with E-state index >= 15 is 0 Å². The van der Waals surface area contributed by atoms with Gasteiger partial charge in [-0.1, -0.05) is 0 Å². The van der Waals surface area contributed by atoms with Crippen LogP contribution in [-0.2, 0) is 6.54 Å². The summed E-state index contributed by atoms with van der Waals surface area (Å²) in [5.74, 6) is 0. The quantitative estimate of drug-likeness (QED) is 0.926. The molecule has 0 unspecified atom stereocenters. The molecule has 15 heavy (non-hydrogen) atoms. The average molecular weight is 283 g/mol. The van der Waals surface area contributed by atoms with E-state index in [9.17, 15) is 0 Å². The number of nitrogens with zero attached hydrogens (tertiary/aromatic N) is 1. The first-order valence-electron chi connectivity index (χ1n) is 4.63. The lowest BCUT2D eigenvalue weighted by molar-refractivity contribution is 1.16. The molecule has 0 bridgehead atoms. The largest absolute Gasteiger partial charge is 0.380 e. The fourth-order valence-electron chi connectivity index (χ4n) is 1.30. The van der Waals surface area contributed by atoms with Crippen molar-refractivity contribution >= 4 is 33.0 Å². The van der Waals surface area contributed by atoms with E-state index in [0.717, 1.165) is 16.7 Å². The maximum Gasteiger partial charge on any atom is 0.0494 e. The standard InChI is InChI=1S/C11H11BrN2S/c1-8-5-13-3-2-11(8)14-6-10-4-9(12)7-15-10/h2-5,7H,6H2,1H3,(H,13,14). The van der Waals surface area contributed by atoms with Crippen LogP contribution in [-0.4, -0.2) is 4.98 Å². The van der Waals surface area contributed by atoms with Gasteiger partial charge in [0, 0.05) is 39.4 Å². The lowest BCUT2D eigenvalue weighted by atomic mass is 10.2. The van der Waals surface area contributed by atoms with Crippen LogP contribution in [0.15, 0.2) is 34.4 Å². The Bertz CT molecular complexity index is 453. The number of aryl methyl sites for hydroxylation is 1. The number of thiophene rings is 1. The number of aromatic nitrogens is 1. The molecule has 2 rings (SSSR count). The monoisotopic (exact) mass is 282 g/mol. The zero-order valence-electron chi connectivity index (χ0n) is 8.33. The first-order valence-corrected chi connectivity index (χ1v) is 6.30. The van der Waals surface area contributed by atoms with Gasteiger partial charge in [-0.2, -0.15) is 0 Å². The second kappa shape index (κ2) is 4.77. The summed E-state index contributed by atoms with van der Waals surface area (Å²) in [5.41, 5.74) is 2.32. The molecule has 4 heteroatoms. The Kier molecular flexibility index (Phi) is 3.38. The predicted molar refractivity (Wildman–Crippen MR) is 68.3 cm³/mol. The first kappa shape index (κ1) is 10.6. The maximum absolute atomic E-state index is 4.06. The number of hydrogen-bond donors (Lipinski definition) is 1. The van der Waals surface area contributed by atoms with E-state index in [4.69, 9.17) is 0 Å². The molecule has 0 atom stereocenters. The van der Waals surface area contributed by atoms with Crippen LogP contribution >= 0.6 is 27.3 Å². The Morgan fingerprint density at radius 2 is 2.40 bits per heavy atom. The summed E-state index contributed by atoms with van der Waals surface area (Å²) in [6.45, 7) is 2.92. The van der Waals surface area contributed by atoms with Crippen LogP contribution in [0.3, 0.4) is 0 Å². The Morgan fingerprint density at radius 1 is 1.53 bits per heavy atom. The third kappa shape index (κ3) is 2.79. The minimum atomic E-state index is 0.862. The molecule has 2 heterocycles. The fourth-order valence-corrected chi connectivity index (χ4v) is 2.69. The minimum Gasteiger partial charge on any atom is -0.380 e. The maximum atomic E-state index is 4.06. The fraction of sp³-hybridized carbons (Fsp3) is 0.182. The van der Waals surface area contributed by atoms with Crippen molar-refractivity contribution in [1.82, 2.24) is 4.98 Å².